The number of rotatable bonds is 5. The van der Waals surface area contributed by atoms with E-state index in [-0.39, 0.29) is 12.5 Å². The molecule has 1 aromatic carbocycles. The zero-order chi connectivity index (χ0) is 13.8. The molecule has 0 bridgehead atoms. The lowest BCUT2D eigenvalue weighted by atomic mass is 9.94. The summed E-state index contributed by atoms with van der Waals surface area (Å²) < 4.78 is 13.2. The van der Waals surface area contributed by atoms with Crippen molar-refractivity contribution in [2.24, 2.45) is 0 Å². The molecular weight excluding hydrogens is 233 g/mol. The maximum absolute atomic E-state index is 13.2. The number of hydrogen-bond acceptors (Lipinski definition) is 2. The predicted octanol–water partition coefficient (Wildman–Crippen LogP) is 2.42. The molecule has 1 aromatic rings. The predicted molar refractivity (Wildman–Crippen MR) is 69.0 cm³/mol. The van der Waals surface area contributed by atoms with Gasteiger partial charge in [-0.25, -0.2) is 4.39 Å². The van der Waals surface area contributed by atoms with Crippen LogP contribution in [0.25, 0.3) is 0 Å². The van der Waals surface area contributed by atoms with Crippen molar-refractivity contribution in [3.8, 4) is 0 Å². The Balaban J connectivity index is 2.90. The summed E-state index contributed by atoms with van der Waals surface area (Å²) in [5, 5.41) is 11.9. The first-order valence-corrected chi connectivity index (χ1v) is 6.11. The topological polar surface area (TPSA) is 49.3 Å². The van der Waals surface area contributed by atoms with Crippen LogP contribution in [-0.2, 0) is 0 Å². The van der Waals surface area contributed by atoms with Gasteiger partial charge in [0.1, 0.15) is 5.82 Å². The van der Waals surface area contributed by atoms with Crippen molar-refractivity contribution in [3.63, 3.8) is 0 Å². The van der Waals surface area contributed by atoms with Crippen LogP contribution < -0.4 is 5.32 Å². The minimum atomic E-state index is -0.468. The molecule has 0 radical (unpaired) electrons. The lowest BCUT2D eigenvalue weighted by Crippen LogP contribution is -2.46. The normalized spacial score (nSPS) is 14.1. The molecule has 0 aliphatic carbocycles. The molecule has 0 aromatic heterocycles. The van der Waals surface area contributed by atoms with Gasteiger partial charge in [-0.15, -0.1) is 0 Å². The average molecular weight is 253 g/mol. The maximum atomic E-state index is 13.2. The molecule has 1 atom stereocenters. The van der Waals surface area contributed by atoms with E-state index in [9.17, 15) is 9.18 Å². The monoisotopic (exact) mass is 253 g/mol. The van der Waals surface area contributed by atoms with E-state index in [1.807, 2.05) is 13.8 Å². The molecule has 0 fully saturated rings. The van der Waals surface area contributed by atoms with Crippen molar-refractivity contribution in [2.75, 3.05) is 6.61 Å². The number of carbonyl (C=O) groups excluding carboxylic acids is 1. The molecule has 0 saturated heterocycles. The Hall–Kier alpha value is -1.42. The van der Waals surface area contributed by atoms with Gasteiger partial charge < -0.3 is 10.4 Å². The Morgan fingerprint density at radius 3 is 2.72 bits per heavy atom. The zero-order valence-electron chi connectivity index (χ0n) is 11.1. The highest BCUT2D eigenvalue weighted by Crippen LogP contribution is 2.17. The van der Waals surface area contributed by atoms with Gasteiger partial charge >= 0.3 is 0 Å². The van der Waals surface area contributed by atoms with Crippen LogP contribution in [-0.4, -0.2) is 23.2 Å². The molecular formula is C14H20FNO2. The molecule has 1 rings (SSSR count). The van der Waals surface area contributed by atoms with E-state index < -0.39 is 11.4 Å². The van der Waals surface area contributed by atoms with Crippen LogP contribution in [0, 0.1) is 12.7 Å². The number of aliphatic hydroxyl groups excluding tert-OH is 1. The summed E-state index contributed by atoms with van der Waals surface area (Å²) >= 11 is 0. The van der Waals surface area contributed by atoms with E-state index in [1.165, 1.54) is 12.1 Å². The van der Waals surface area contributed by atoms with Crippen molar-refractivity contribution in [1.29, 1.82) is 0 Å². The first kappa shape index (κ1) is 14.6. The number of halogens is 1. The number of aliphatic hydroxyl groups is 1. The molecule has 1 unspecified atom stereocenters. The van der Waals surface area contributed by atoms with Crippen LogP contribution in [0.3, 0.4) is 0 Å². The fourth-order valence-electron chi connectivity index (χ4n) is 1.75. The zero-order valence-corrected chi connectivity index (χ0v) is 11.1. The Bertz CT molecular complexity index is 434. The summed E-state index contributed by atoms with van der Waals surface area (Å²) in [7, 11) is 0. The number of nitrogens with one attached hydrogen (secondary N) is 1. The Kier molecular flexibility index (Phi) is 4.84. The van der Waals surface area contributed by atoms with Gasteiger partial charge in [-0.3, -0.25) is 4.79 Å². The maximum Gasteiger partial charge on any atom is 0.252 e. The van der Waals surface area contributed by atoms with Gasteiger partial charge in [0.05, 0.1) is 0 Å². The number of hydrogen-bond donors (Lipinski definition) is 2. The van der Waals surface area contributed by atoms with Crippen molar-refractivity contribution in [1.82, 2.24) is 5.32 Å². The SMILES string of the molecule is CCC(C)(CCO)NC(=O)c1cc(F)ccc1C. The fourth-order valence-corrected chi connectivity index (χ4v) is 1.75. The molecule has 0 spiro atoms. The minimum absolute atomic E-state index is 0.00670. The summed E-state index contributed by atoms with van der Waals surface area (Å²) in [5.74, 6) is -0.726. The first-order valence-electron chi connectivity index (χ1n) is 6.11. The van der Waals surface area contributed by atoms with E-state index >= 15 is 0 Å². The van der Waals surface area contributed by atoms with Crippen molar-refractivity contribution < 1.29 is 14.3 Å². The second-order valence-corrected chi connectivity index (χ2v) is 4.80. The van der Waals surface area contributed by atoms with Crippen LogP contribution in [0.2, 0.25) is 0 Å². The molecule has 2 N–H and O–H groups in total. The highest BCUT2D eigenvalue weighted by atomic mass is 19.1. The van der Waals surface area contributed by atoms with Crippen molar-refractivity contribution in [2.45, 2.75) is 39.2 Å². The molecule has 1 amide bonds. The molecule has 4 heteroatoms. The summed E-state index contributed by atoms with van der Waals surface area (Å²) in [6.07, 6.45) is 1.18. The summed E-state index contributed by atoms with van der Waals surface area (Å²) in [5.41, 5.74) is 0.605. The third-order valence-corrected chi connectivity index (χ3v) is 3.30. The lowest BCUT2D eigenvalue weighted by molar-refractivity contribution is 0.0885. The lowest BCUT2D eigenvalue weighted by Gasteiger charge is -2.29. The van der Waals surface area contributed by atoms with Crippen molar-refractivity contribution >= 4 is 5.91 Å². The quantitative estimate of drug-likeness (QED) is 0.846. The molecule has 0 heterocycles. The molecule has 0 saturated carbocycles. The first-order chi connectivity index (χ1) is 8.41. The number of carbonyl (C=O) groups is 1. The average Bonchev–Trinajstić information content (AvgIpc) is 2.32. The standard InChI is InChI=1S/C14H20FNO2/c1-4-14(3,7-8-17)16-13(18)12-9-11(15)6-5-10(12)2/h5-6,9,17H,4,7-8H2,1-3H3,(H,16,18). The van der Waals surface area contributed by atoms with Gasteiger partial charge in [-0.05, 0) is 44.4 Å². The molecule has 0 aliphatic rings. The number of aryl methyl sites for hydroxylation is 1. The minimum Gasteiger partial charge on any atom is -0.396 e. The van der Waals surface area contributed by atoms with E-state index in [1.54, 1.807) is 13.0 Å². The van der Waals surface area contributed by atoms with Crippen LogP contribution >= 0.6 is 0 Å². The highest BCUT2D eigenvalue weighted by Gasteiger charge is 2.24. The van der Waals surface area contributed by atoms with Gasteiger partial charge in [0.15, 0.2) is 0 Å². The van der Waals surface area contributed by atoms with Gasteiger partial charge in [-0.1, -0.05) is 13.0 Å². The number of benzene rings is 1. The second-order valence-electron chi connectivity index (χ2n) is 4.80. The van der Waals surface area contributed by atoms with E-state index in [2.05, 4.69) is 5.32 Å². The molecule has 3 nitrogen and oxygen atoms in total. The Morgan fingerprint density at radius 1 is 1.50 bits per heavy atom. The summed E-state index contributed by atoms with van der Waals surface area (Å²) in [4.78, 5) is 12.1. The summed E-state index contributed by atoms with van der Waals surface area (Å²) in [6.45, 7) is 5.58. The van der Waals surface area contributed by atoms with E-state index in [0.29, 0.717) is 18.4 Å². The van der Waals surface area contributed by atoms with Crippen LogP contribution in [0.1, 0.15) is 42.6 Å². The third-order valence-electron chi connectivity index (χ3n) is 3.30. The highest BCUT2D eigenvalue weighted by molar-refractivity contribution is 5.96. The van der Waals surface area contributed by atoms with Crippen LogP contribution in [0.15, 0.2) is 18.2 Å². The fraction of sp³-hybridized carbons (Fsp3) is 0.500. The smallest absolute Gasteiger partial charge is 0.252 e. The second kappa shape index (κ2) is 5.96. The van der Waals surface area contributed by atoms with Gasteiger partial charge in [0, 0.05) is 17.7 Å². The Morgan fingerprint density at radius 2 is 2.17 bits per heavy atom. The van der Waals surface area contributed by atoms with Crippen molar-refractivity contribution in [3.05, 3.63) is 35.1 Å². The van der Waals surface area contributed by atoms with Crippen LogP contribution in [0.4, 0.5) is 4.39 Å². The Labute approximate surface area is 107 Å². The molecule has 18 heavy (non-hydrogen) atoms. The third kappa shape index (κ3) is 3.53. The van der Waals surface area contributed by atoms with Gasteiger partial charge in [0.25, 0.3) is 5.91 Å². The summed E-state index contributed by atoms with van der Waals surface area (Å²) in [6, 6.07) is 4.15. The van der Waals surface area contributed by atoms with Crippen LogP contribution in [0.5, 0.6) is 0 Å². The van der Waals surface area contributed by atoms with Gasteiger partial charge in [0.2, 0.25) is 0 Å². The number of amides is 1. The molecule has 100 valence electrons. The van der Waals surface area contributed by atoms with E-state index in [0.717, 1.165) is 5.56 Å². The molecule has 0 aliphatic heterocycles. The van der Waals surface area contributed by atoms with Gasteiger partial charge in [-0.2, -0.15) is 0 Å². The largest absolute Gasteiger partial charge is 0.396 e. The van der Waals surface area contributed by atoms with E-state index in [4.69, 9.17) is 5.11 Å².